The number of nitrogens with one attached hydrogen (secondary N) is 1. The van der Waals surface area contributed by atoms with E-state index in [-0.39, 0.29) is 35.9 Å². The molecule has 0 amide bonds. The molecule has 0 bridgehead atoms. The molecule has 0 saturated carbocycles. The zero-order valence-electron chi connectivity index (χ0n) is 20.4. The van der Waals surface area contributed by atoms with Crippen molar-refractivity contribution in [1.82, 2.24) is 18.0 Å². The molecule has 3 heterocycles. The highest BCUT2D eigenvalue weighted by atomic mass is 32.2. The van der Waals surface area contributed by atoms with Crippen LogP contribution in [0.4, 0.5) is 0 Å². The Bertz CT molecular complexity index is 1870. The van der Waals surface area contributed by atoms with Gasteiger partial charge in [0.15, 0.2) is 11.5 Å². The summed E-state index contributed by atoms with van der Waals surface area (Å²) >= 11 is 0.952. The summed E-state index contributed by atoms with van der Waals surface area (Å²) in [4.78, 5) is 16.0. The molecule has 0 radical (unpaired) electrons. The first kappa shape index (κ1) is 24.3. The van der Waals surface area contributed by atoms with Crippen molar-refractivity contribution in [2.75, 3.05) is 13.9 Å². The zero-order valence-corrected chi connectivity index (χ0v) is 22.1. The van der Waals surface area contributed by atoms with Crippen LogP contribution in [0.25, 0.3) is 21.9 Å². The summed E-state index contributed by atoms with van der Waals surface area (Å²) in [5.41, 5.74) is 2.56. The van der Waals surface area contributed by atoms with Crippen molar-refractivity contribution in [1.29, 1.82) is 0 Å². The predicted molar refractivity (Wildman–Crippen MR) is 142 cm³/mol. The van der Waals surface area contributed by atoms with E-state index >= 15 is 0 Å². The third-order valence-corrected chi connectivity index (χ3v) is 8.96. The molecular weight excluding hydrogens is 528 g/mol. The molecule has 5 aromatic rings. The second-order valence-corrected chi connectivity index (χ2v) is 11.3. The highest BCUT2D eigenvalue weighted by molar-refractivity contribution is 7.89. The first-order valence-corrected chi connectivity index (χ1v) is 13.8. The maximum Gasteiger partial charge on any atom is 0.252 e. The topological polar surface area (TPSA) is 124 Å². The van der Waals surface area contributed by atoms with Crippen LogP contribution in [-0.4, -0.2) is 40.4 Å². The molecule has 0 fully saturated rings. The number of nitrogens with zero attached hydrogens (tertiary/aromatic N) is 3. The number of aromatic nitrogens is 3. The monoisotopic (exact) mass is 550 g/mol. The standard InChI is InChI=1S/C26H22N4O6S2/c1-15-3-6-21-24(29-37-28-21)25(15)38(32,33)30(12-16-4-8-22-23(9-16)36-14-35-22)13-18-10-17-11-19(34-2)5-7-20(17)27-26(18)31/h3-11H,12-14H2,1-2H3,(H,27,31). The Labute approximate surface area is 221 Å². The molecule has 0 spiro atoms. The van der Waals surface area contributed by atoms with Gasteiger partial charge in [0.2, 0.25) is 16.8 Å². The Balaban J connectivity index is 1.47. The third kappa shape index (κ3) is 4.26. The second kappa shape index (κ2) is 9.39. The molecule has 1 aliphatic heterocycles. The van der Waals surface area contributed by atoms with Crippen LogP contribution in [0, 0.1) is 6.92 Å². The van der Waals surface area contributed by atoms with Crippen molar-refractivity contribution in [3.63, 3.8) is 0 Å². The summed E-state index contributed by atoms with van der Waals surface area (Å²) in [6.45, 7) is 1.64. The lowest BCUT2D eigenvalue weighted by atomic mass is 10.1. The van der Waals surface area contributed by atoms with Crippen LogP contribution in [-0.2, 0) is 23.1 Å². The van der Waals surface area contributed by atoms with Gasteiger partial charge in [0.25, 0.3) is 5.56 Å². The number of pyridine rings is 1. The van der Waals surface area contributed by atoms with E-state index in [1.165, 1.54) is 4.31 Å². The van der Waals surface area contributed by atoms with E-state index in [0.717, 1.165) is 17.1 Å². The van der Waals surface area contributed by atoms with Crippen molar-refractivity contribution >= 4 is 43.7 Å². The number of aromatic amines is 1. The average molecular weight is 551 g/mol. The van der Waals surface area contributed by atoms with Crippen LogP contribution in [0.1, 0.15) is 16.7 Å². The third-order valence-electron chi connectivity index (χ3n) is 6.45. The number of rotatable bonds is 7. The fourth-order valence-electron chi connectivity index (χ4n) is 4.52. The number of sulfonamides is 1. The second-order valence-electron chi connectivity index (χ2n) is 8.88. The Morgan fingerprint density at radius 3 is 2.71 bits per heavy atom. The van der Waals surface area contributed by atoms with Crippen LogP contribution in [0.3, 0.4) is 0 Å². The van der Waals surface area contributed by atoms with Crippen molar-refractivity contribution in [2.45, 2.75) is 24.9 Å². The minimum atomic E-state index is -4.13. The fourth-order valence-corrected chi connectivity index (χ4v) is 6.87. The van der Waals surface area contributed by atoms with Crippen LogP contribution >= 0.6 is 11.7 Å². The van der Waals surface area contributed by atoms with E-state index in [9.17, 15) is 13.2 Å². The molecule has 0 saturated heterocycles. The summed E-state index contributed by atoms with van der Waals surface area (Å²) in [5.74, 6) is 1.76. The van der Waals surface area contributed by atoms with E-state index in [4.69, 9.17) is 14.2 Å². The first-order chi connectivity index (χ1) is 18.3. The lowest BCUT2D eigenvalue weighted by molar-refractivity contribution is 0.174. The average Bonchev–Trinajstić information content (AvgIpc) is 3.57. The van der Waals surface area contributed by atoms with Gasteiger partial charge in [0, 0.05) is 29.6 Å². The van der Waals surface area contributed by atoms with Gasteiger partial charge < -0.3 is 19.2 Å². The summed E-state index contributed by atoms with van der Waals surface area (Å²) in [5, 5.41) is 0.723. The van der Waals surface area contributed by atoms with Gasteiger partial charge in [-0.3, -0.25) is 4.79 Å². The quantitative estimate of drug-likeness (QED) is 0.323. The number of benzene rings is 3. The minimum absolute atomic E-state index is 0.0119. The molecule has 0 unspecified atom stereocenters. The number of methoxy groups -OCH3 is 1. The van der Waals surface area contributed by atoms with E-state index in [0.29, 0.717) is 44.9 Å². The van der Waals surface area contributed by atoms with Gasteiger partial charge in [-0.15, -0.1) is 0 Å². The van der Waals surface area contributed by atoms with Crippen LogP contribution in [0.2, 0.25) is 0 Å². The SMILES string of the molecule is COc1ccc2[nH]c(=O)c(CN(Cc3ccc4c(c3)OCO4)S(=O)(=O)c3c(C)ccc4nsnc34)cc2c1. The Morgan fingerprint density at radius 2 is 1.87 bits per heavy atom. The molecule has 194 valence electrons. The molecule has 0 aliphatic carbocycles. The number of fused-ring (bicyclic) bond motifs is 3. The van der Waals surface area contributed by atoms with Gasteiger partial charge in [-0.1, -0.05) is 12.1 Å². The largest absolute Gasteiger partial charge is 0.497 e. The highest BCUT2D eigenvalue weighted by Crippen LogP contribution is 2.35. The van der Waals surface area contributed by atoms with E-state index in [2.05, 4.69) is 13.7 Å². The number of hydrogen-bond donors (Lipinski definition) is 1. The minimum Gasteiger partial charge on any atom is -0.497 e. The van der Waals surface area contributed by atoms with Gasteiger partial charge in [0.05, 0.1) is 18.8 Å². The van der Waals surface area contributed by atoms with E-state index < -0.39 is 10.0 Å². The summed E-state index contributed by atoms with van der Waals surface area (Å²) in [6.07, 6.45) is 0. The van der Waals surface area contributed by atoms with Crippen LogP contribution in [0.5, 0.6) is 17.2 Å². The Hall–Kier alpha value is -4.00. The fraction of sp³-hybridized carbons (Fsp3) is 0.192. The summed E-state index contributed by atoms with van der Waals surface area (Å²) < 4.78 is 54.5. The molecule has 38 heavy (non-hydrogen) atoms. The Morgan fingerprint density at radius 1 is 1.03 bits per heavy atom. The van der Waals surface area contributed by atoms with E-state index in [1.807, 2.05) is 0 Å². The Kier molecular flexibility index (Phi) is 6.01. The van der Waals surface area contributed by atoms with Crippen molar-refractivity contribution < 1.29 is 22.6 Å². The molecule has 10 nitrogen and oxygen atoms in total. The highest BCUT2D eigenvalue weighted by Gasteiger charge is 2.31. The smallest absolute Gasteiger partial charge is 0.252 e. The number of hydrogen-bond acceptors (Lipinski definition) is 9. The number of ether oxygens (including phenoxy) is 3. The van der Waals surface area contributed by atoms with E-state index in [1.54, 1.807) is 68.6 Å². The number of H-pyrrole nitrogens is 1. The van der Waals surface area contributed by atoms with Crippen LogP contribution in [0.15, 0.2) is 64.3 Å². The lowest BCUT2D eigenvalue weighted by Crippen LogP contribution is -2.33. The van der Waals surface area contributed by atoms with Gasteiger partial charge in [0.1, 0.15) is 21.7 Å². The van der Waals surface area contributed by atoms with Crippen molar-refractivity contribution in [3.05, 3.63) is 81.6 Å². The van der Waals surface area contributed by atoms with Crippen LogP contribution < -0.4 is 19.8 Å². The number of aryl methyl sites for hydroxylation is 1. The van der Waals surface area contributed by atoms with Crippen molar-refractivity contribution in [3.8, 4) is 17.2 Å². The molecule has 1 N–H and O–H groups in total. The molecule has 12 heteroatoms. The molecule has 1 aliphatic rings. The predicted octanol–water partition coefficient (Wildman–Crippen LogP) is 3.97. The zero-order chi connectivity index (χ0) is 26.4. The summed E-state index contributed by atoms with van der Waals surface area (Å²) in [6, 6.07) is 15.7. The summed E-state index contributed by atoms with van der Waals surface area (Å²) in [7, 11) is -2.57. The normalized spacial score (nSPS) is 13.0. The molecule has 3 aromatic carbocycles. The van der Waals surface area contributed by atoms with Gasteiger partial charge >= 0.3 is 0 Å². The molecule has 2 aromatic heterocycles. The maximum atomic E-state index is 14.3. The molecule has 6 rings (SSSR count). The van der Waals surface area contributed by atoms with Crippen molar-refractivity contribution in [2.24, 2.45) is 0 Å². The molecule has 0 atom stereocenters. The van der Waals surface area contributed by atoms with Gasteiger partial charge in [-0.2, -0.15) is 13.1 Å². The first-order valence-electron chi connectivity index (χ1n) is 11.6. The lowest BCUT2D eigenvalue weighted by Gasteiger charge is -2.23. The van der Waals surface area contributed by atoms with Gasteiger partial charge in [-0.25, -0.2) is 8.42 Å². The molecular formula is C26H22N4O6S2. The van der Waals surface area contributed by atoms with Gasteiger partial charge in [-0.05, 0) is 60.5 Å². The maximum absolute atomic E-state index is 14.3.